The Bertz CT molecular complexity index is 492. The van der Waals surface area contributed by atoms with E-state index in [0.717, 1.165) is 16.8 Å². The number of aryl methyl sites for hydroxylation is 1. The second-order valence-electron chi connectivity index (χ2n) is 5.71. The van der Waals surface area contributed by atoms with Crippen LogP contribution in [0.2, 0.25) is 0 Å². The van der Waals surface area contributed by atoms with Gasteiger partial charge in [0, 0.05) is 12.1 Å². The first-order valence-electron chi connectivity index (χ1n) is 6.29. The molecule has 0 aliphatic rings. The van der Waals surface area contributed by atoms with Gasteiger partial charge in [0.05, 0.1) is 6.42 Å². The third-order valence-electron chi connectivity index (χ3n) is 3.15. The summed E-state index contributed by atoms with van der Waals surface area (Å²) >= 11 is 0. The Balaban J connectivity index is 2.70. The number of carboxylic acids is 1. The van der Waals surface area contributed by atoms with E-state index in [2.05, 4.69) is 5.32 Å². The van der Waals surface area contributed by atoms with Crippen molar-refractivity contribution in [3.8, 4) is 0 Å². The number of carbonyl (C=O) groups is 2. The largest absolute Gasteiger partial charge is 0.481 e. The number of aliphatic carboxylic acids is 1. The van der Waals surface area contributed by atoms with E-state index in [1.807, 2.05) is 32.0 Å². The Morgan fingerprint density at radius 1 is 1.21 bits per heavy atom. The standard InChI is InChI=1S/C15H21NO3/c1-10-6-5-7-12(11(10)2)16-13(17)8-15(3,4)9-14(18)19/h5-7H,8-9H2,1-4H3,(H,16,17)(H,18,19). The normalized spacial score (nSPS) is 11.2. The van der Waals surface area contributed by atoms with Crippen LogP contribution >= 0.6 is 0 Å². The van der Waals surface area contributed by atoms with Gasteiger partial charge >= 0.3 is 5.97 Å². The SMILES string of the molecule is Cc1cccc(NC(=O)CC(C)(C)CC(=O)O)c1C. The minimum atomic E-state index is -0.885. The lowest BCUT2D eigenvalue weighted by molar-refractivity contribution is -0.139. The number of hydrogen-bond donors (Lipinski definition) is 2. The minimum absolute atomic E-state index is 0.0206. The molecule has 0 atom stereocenters. The Morgan fingerprint density at radius 3 is 2.42 bits per heavy atom. The molecule has 0 heterocycles. The van der Waals surface area contributed by atoms with Gasteiger partial charge in [-0.15, -0.1) is 0 Å². The van der Waals surface area contributed by atoms with Gasteiger partial charge in [-0.25, -0.2) is 0 Å². The summed E-state index contributed by atoms with van der Waals surface area (Å²) < 4.78 is 0. The van der Waals surface area contributed by atoms with Crippen LogP contribution in [0.4, 0.5) is 5.69 Å². The van der Waals surface area contributed by atoms with Crippen LogP contribution in [0.15, 0.2) is 18.2 Å². The molecule has 0 saturated heterocycles. The Hall–Kier alpha value is -1.84. The zero-order valence-corrected chi connectivity index (χ0v) is 11.9. The highest BCUT2D eigenvalue weighted by atomic mass is 16.4. The summed E-state index contributed by atoms with van der Waals surface area (Å²) in [5.74, 6) is -1.04. The number of carboxylic acid groups (broad SMARTS) is 1. The number of anilines is 1. The van der Waals surface area contributed by atoms with Crippen LogP contribution in [0.1, 0.15) is 37.8 Å². The van der Waals surface area contributed by atoms with Crippen molar-refractivity contribution in [3.63, 3.8) is 0 Å². The highest BCUT2D eigenvalue weighted by molar-refractivity contribution is 5.92. The van der Waals surface area contributed by atoms with Crippen LogP contribution in [0.5, 0.6) is 0 Å². The van der Waals surface area contributed by atoms with E-state index in [0.29, 0.717) is 0 Å². The number of rotatable bonds is 5. The lowest BCUT2D eigenvalue weighted by Gasteiger charge is -2.22. The second kappa shape index (κ2) is 5.87. The molecule has 104 valence electrons. The van der Waals surface area contributed by atoms with E-state index in [-0.39, 0.29) is 18.7 Å². The fraction of sp³-hybridized carbons (Fsp3) is 0.467. The van der Waals surface area contributed by atoms with E-state index in [9.17, 15) is 9.59 Å². The first-order valence-corrected chi connectivity index (χ1v) is 6.29. The predicted molar refractivity (Wildman–Crippen MR) is 75.2 cm³/mol. The lowest BCUT2D eigenvalue weighted by Crippen LogP contribution is -2.25. The van der Waals surface area contributed by atoms with Gasteiger partial charge in [0.2, 0.25) is 5.91 Å². The van der Waals surface area contributed by atoms with Gasteiger partial charge in [-0.2, -0.15) is 0 Å². The molecule has 0 fully saturated rings. The molecule has 1 rings (SSSR count). The zero-order chi connectivity index (χ0) is 14.6. The van der Waals surface area contributed by atoms with Crippen LogP contribution < -0.4 is 5.32 Å². The van der Waals surface area contributed by atoms with Crippen LogP contribution in [0, 0.1) is 19.3 Å². The van der Waals surface area contributed by atoms with Crippen molar-refractivity contribution >= 4 is 17.6 Å². The lowest BCUT2D eigenvalue weighted by atomic mass is 9.85. The number of hydrogen-bond acceptors (Lipinski definition) is 2. The van der Waals surface area contributed by atoms with Gasteiger partial charge in [0.15, 0.2) is 0 Å². The van der Waals surface area contributed by atoms with Crippen LogP contribution in [-0.2, 0) is 9.59 Å². The van der Waals surface area contributed by atoms with Crippen molar-refractivity contribution in [1.29, 1.82) is 0 Å². The first kappa shape index (κ1) is 15.2. The number of carbonyl (C=O) groups excluding carboxylic acids is 1. The van der Waals surface area contributed by atoms with Crippen molar-refractivity contribution in [2.45, 2.75) is 40.5 Å². The Morgan fingerprint density at radius 2 is 1.84 bits per heavy atom. The van der Waals surface area contributed by atoms with E-state index in [4.69, 9.17) is 5.11 Å². The number of benzene rings is 1. The molecule has 0 spiro atoms. The third kappa shape index (κ3) is 4.73. The summed E-state index contributed by atoms with van der Waals surface area (Å²) in [6.45, 7) is 7.50. The molecule has 0 unspecified atom stereocenters. The van der Waals surface area contributed by atoms with E-state index in [1.165, 1.54) is 0 Å². The third-order valence-corrected chi connectivity index (χ3v) is 3.15. The predicted octanol–water partition coefficient (Wildman–Crippen LogP) is 3.13. The van der Waals surface area contributed by atoms with E-state index >= 15 is 0 Å². The molecule has 1 aromatic rings. The molecule has 4 nitrogen and oxygen atoms in total. The molecule has 0 aromatic heterocycles. The molecule has 2 N–H and O–H groups in total. The molecule has 0 radical (unpaired) electrons. The molecule has 0 aliphatic carbocycles. The van der Waals surface area contributed by atoms with E-state index in [1.54, 1.807) is 13.8 Å². The van der Waals surface area contributed by atoms with Crippen molar-refractivity contribution < 1.29 is 14.7 Å². The molecule has 1 amide bonds. The van der Waals surface area contributed by atoms with Crippen molar-refractivity contribution in [2.75, 3.05) is 5.32 Å². The maximum absolute atomic E-state index is 12.0. The zero-order valence-electron chi connectivity index (χ0n) is 11.9. The molecule has 19 heavy (non-hydrogen) atoms. The van der Waals surface area contributed by atoms with Crippen LogP contribution in [-0.4, -0.2) is 17.0 Å². The average Bonchev–Trinajstić information content (AvgIpc) is 2.21. The maximum Gasteiger partial charge on any atom is 0.303 e. The molecule has 0 aliphatic heterocycles. The van der Waals surface area contributed by atoms with Gasteiger partial charge in [-0.3, -0.25) is 9.59 Å². The Kier molecular flexibility index (Phi) is 4.70. The smallest absolute Gasteiger partial charge is 0.303 e. The quantitative estimate of drug-likeness (QED) is 0.857. The molecule has 4 heteroatoms. The molecular formula is C15H21NO3. The topological polar surface area (TPSA) is 66.4 Å². The fourth-order valence-corrected chi connectivity index (χ4v) is 1.99. The summed E-state index contributed by atoms with van der Waals surface area (Å²) in [4.78, 5) is 22.7. The van der Waals surface area contributed by atoms with Crippen molar-refractivity contribution in [2.24, 2.45) is 5.41 Å². The summed E-state index contributed by atoms with van der Waals surface area (Å²) in [7, 11) is 0. The Labute approximate surface area is 113 Å². The highest BCUT2D eigenvalue weighted by Crippen LogP contribution is 2.26. The molecular weight excluding hydrogens is 242 g/mol. The van der Waals surface area contributed by atoms with Gasteiger partial charge in [0.25, 0.3) is 0 Å². The number of nitrogens with one attached hydrogen (secondary N) is 1. The summed E-state index contributed by atoms with van der Waals surface area (Å²) in [6.07, 6.45) is 0.167. The second-order valence-corrected chi connectivity index (χ2v) is 5.71. The fourth-order valence-electron chi connectivity index (χ4n) is 1.99. The van der Waals surface area contributed by atoms with Gasteiger partial charge < -0.3 is 10.4 Å². The number of amides is 1. The van der Waals surface area contributed by atoms with Crippen LogP contribution in [0.25, 0.3) is 0 Å². The molecule has 1 aromatic carbocycles. The minimum Gasteiger partial charge on any atom is -0.481 e. The monoisotopic (exact) mass is 263 g/mol. The van der Waals surface area contributed by atoms with Crippen LogP contribution in [0.3, 0.4) is 0 Å². The van der Waals surface area contributed by atoms with E-state index < -0.39 is 11.4 Å². The summed E-state index contributed by atoms with van der Waals surface area (Å²) in [5.41, 5.74) is 2.39. The average molecular weight is 263 g/mol. The molecule has 0 saturated carbocycles. The van der Waals surface area contributed by atoms with Gasteiger partial charge in [-0.05, 0) is 36.5 Å². The maximum atomic E-state index is 12.0. The summed E-state index contributed by atoms with van der Waals surface area (Å²) in [5, 5.41) is 11.6. The van der Waals surface area contributed by atoms with Crippen molar-refractivity contribution in [1.82, 2.24) is 0 Å². The highest BCUT2D eigenvalue weighted by Gasteiger charge is 2.25. The van der Waals surface area contributed by atoms with Gasteiger partial charge in [0.1, 0.15) is 0 Å². The summed E-state index contributed by atoms with van der Waals surface area (Å²) in [6, 6.07) is 5.73. The van der Waals surface area contributed by atoms with Gasteiger partial charge in [-0.1, -0.05) is 26.0 Å². The first-order chi connectivity index (χ1) is 8.71. The molecule has 0 bridgehead atoms. The van der Waals surface area contributed by atoms with Crippen molar-refractivity contribution in [3.05, 3.63) is 29.3 Å².